The van der Waals surface area contributed by atoms with Gasteiger partial charge in [0.05, 0.1) is 0 Å². The largest absolute Gasteiger partial charge is 0.483 e. The van der Waals surface area contributed by atoms with Crippen LogP contribution in [0.2, 0.25) is 0 Å². The van der Waals surface area contributed by atoms with E-state index in [9.17, 15) is 9.59 Å². The second kappa shape index (κ2) is 8.09. The highest BCUT2D eigenvalue weighted by atomic mass is 16.5. The molecule has 0 saturated carbocycles. The van der Waals surface area contributed by atoms with E-state index in [1.807, 2.05) is 32.9 Å². The molecule has 1 amide bonds. The Morgan fingerprint density at radius 3 is 2.76 bits per heavy atom. The molecule has 5 nitrogen and oxygen atoms in total. The molecule has 0 saturated heterocycles. The summed E-state index contributed by atoms with van der Waals surface area (Å²) in [5.74, 6) is -0.702. The highest BCUT2D eigenvalue weighted by molar-refractivity contribution is 5.86. The minimum absolute atomic E-state index is 0.0941. The van der Waals surface area contributed by atoms with Crippen molar-refractivity contribution in [3.63, 3.8) is 0 Å². The molecule has 2 N–H and O–H groups in total. The van der Waals surface area contributed by atoms with Crippen LogP contribution in [0.25, 0.3) is 6.08 Å². The number of carbonyl (C=O) groups is 2. The van der Waals surface area contributed by atoms with Crippen molar-refractivity contribution in [3.8, 4) is 5.75 Å². The lowest BCUT2D eigenvalue weighted by Gasteiger charge is -2.14. The van der Waals surface area contributed by atoms with Gasteiger partial charge in [-0.2, -0.15) is 0 Å². The number of carboxylic acids is 1. The van der Waals surface area contributed by atoms with Crippen LogP contribution < -0.4 is 10.1 Å². The summed E-state index contributed by atoms with van der Waals surface area (Å²) in [6.07, 6.45) is 3.35. The molecule has 114 valence electrons. The Morgan fingerprint density at radius 2 is 2.14 bits per heavy atom. The topological polar surface area (TPSA) is 75.6 Å². The Bertz CT molecular complexity index is 537. The molecular formula is C16H21NO4. The van der Waals surface area contributed by atoms with Gasteiger partial charge in [0.2, 0.25) is 0 Å². The molecule has 0 bridgehead atoms. The monoisotopic (exact) mass is 291 g/mol. The zero-order chi connectivity index (χ0) is 15.8. The van der Waals surface area contributed by atoms with Crippen LogP contribution in [0.3, 0.4) is 0 Å². The normalized spacial score (nSPS) is 12.1. The molecule has 1 aromatic rings. The van der Waals surface area contributed by atoms with E-state index in [0.717, 1.165) is 18.1 Å². The summed E-state index contributed by atoms with van der Waals surface area (Å²) in [5.41, 5.74) is 1.48. The highest BCUT2D eigenvalue weighted by Crippen LogP contribution is 2.24. The Labute approximate surface area is 124 Å². The molecule has 1 aromatic carbocycles. The van der Waals surface area contributed by atoms with Crippen LogP contribution in [0.15, 0.2) is 24.3 Å². The zero-order valence-electron chi connectivity index (χ0n) is 12.6. The van der Waals surface area contributed by atoms with E-state index in [2.05, 4.69) is 5.32 Å². The maximum atomic E-state index is 11.7. The van der Waals surface area contributed by atoms with Crippen molar-refractivity contribution in [1.82, 2.24) is 5.32 Å². The second-order valence-corrected chi connectivity index (χ2v) is 4.83. The summed E-state index contributed by atoms with van der Waals surface area (Å²) in [4.78, 5) is 22.3. The van der Waals surface area contributed by atoms with Crippen LogP contribution in [-0.2, 0) is 9.59 Å². The molecule has 1 rings (SSSR count). The van der Waals surface area contributed by atoms with E-state index in [0.29, 0.717) is 11.3 Å². The second-order valence-electron chi connectivity index (χ2n) is 4.83. The third-order valence-electron chi connectivity index (χ3n) is 3.02. The Kier molecular flexibility index (Phi) is 6.46. The lowest BCUT2D eigenvalue weighted by atomic mass is 10.1. The number of hydrogen-bond acceptors (Lipinski definition) is 3. The molecule has 0 fully saturated rings. The fourth-order valence-electron chi connectivity index (χ4n) is 1.72. The lowest BCUT2D eigenvalue weighted by molar-refractivity contribution is -0.131. The molecule has 0 radical (unpaired) electrons. The molecule has 0 aliphatic carbocycles. The third kappa shape index (κ3) is 5.69. The summed E-state index contributed by atoms with van der Waals surface area (Å²) < 4.78 is 5.55. The number of para-hydroxylation sites is 1. The van der Waals surface area contributed by atoms with Crippen molar-refractivity contribution < 1.29 is 19.4 Å². The summed E-state index contributed by atoms with van der Waals surface area (Å²) in [7, 11) is 0. The number of benzene rings is 1. The van der Waals surface area contributed by atoms with Crippen LogP contribution in [0, 0.1) is 6.92 Å². The molecular weight excluding hydrogens is 270 g/mol. The standard InChI is InChI=1S/C16H21NO4/c1-4-12(3)17-14(18)10-21-16-11(2)6-5-7-13(16)8-9-15(19)20/h5-9,12H,4,10H2,1-3H3,(H,17,18)(H,19,20)/b9-8+. The number of carboxylic acid groups (broad SMARTS) is 1. The van der Waals surface area contributed by atoms with Gasteiger partial charge in [-0.15, -0.1) is 0 Å². The number of ether oxygens (including phenoxy) is 1. The van der Waals surface area contributed by atoms with Gasteiger partial charge in [-0.3, -0.25) is 4.79 Å². The molecule has 21 heavy (non-hydrogen) atoms. The first-order valence-electron chi connectivity index (χ1n) is 6.86. The van der Waals surface area contributed by atoms with Gasteiger partial charge in [0.25, 0.3) is 5.91 Å². The van der Waals surface area contributed by atoms with Crippen molar-refractivity contribution in [3.05, 3.63) is 35.4 Å². The summed E-state index contributed by atoms with van der Waals surface area (Å²) >= 11 is 0. The predicted molar refractivity (Wildman–Crippen MR) is 81.2 cm³/mol. The minimum atomic E-state index is -1.03. The Balaban J connectivity index is 2.78. The molecule has 0 aromatic heterocycles. The molecule has 0 heterocycles. The summed E-state index contributed by atoms with van der Waals surface area (Å²) in [6.45, 7) is 5.66. The first kappa shape index (κ1) is 16.8. The first-order chi connectivity index (χ1) is 9.93. The van der Waals surface area contributed by atoms with E-state index in [4.69, 9.17) is 9.84 Å². The zero-order valence-corrected chi connectivity index (χ0v) is 12.6. The lowest BCUT2D eigenvalue weighted by Crippen LogP contribution is -2.35. The van der Waals surface area contributed by atoms with Crippen LogP contribution in [0.5, 0.6) is 5.75 Å². The number of nitrogens with one attached hydrogen (secondary N) is 1. The SMILES string of the molecule is CCC(C)NC(=O)COc1c(C)cccc1/C=C/C(=O)O. The minimum Gasteiger partial charge on any atom is -0.483 e. The van der Waals surface area contributed by atoms with E-state index in [1.54, 1.807) is 6.07 Å². The average molecular weight is 291 g/mol. The number of amides is 1. The molecule has 0 aliphatic heterocycles. The molecule has 1 atom stereocenters. The van der Waals surface area contributed by atoms with Crippen molar-refractivity contribution in [2.75, 3.05) is 6.61 Å². The van der Waals surface area contributed by atoms with Gasteiger partial charge < -0.3 is 15.2 Å². The Morgan fingerprint density at radius 1 is 1.43 bits per heavy atom. The third-order valence-corrected chi connectivity index (χ3v) is 3.02. The number of carbonyl (C=O) groups excluding carboxylic acids is 1. The van der Waals surface area contributed by atoms with Crippen LogP contribution >= 0.6 is 0 Å². The maximum absolute atomic E-state index is 11.7. The van der Waals surface area contributed by atoms with Crippen LogP contribution in [-0.4, -0.2) is 29.6 Å². The van der Waals surface area contributed by atoms with Gasteiger partial charge in [0.15, 0.2) is 6.61 Å². The summed E-state index contributed by atoms with van der Waals surface area (Å²) in [6, 6.07) is 5.50. The van der Waals surface area contributed by atoms with Crippen molar-refractivity contribution in [2.24, 2.45) is 0 Å². The highest BCUT2D eigenvalue weighted by Gasteiger charge is 2.10. The fraction of sp³-hybridized carbons (Fsp3) is 0.375. The summed E-state index contributed by atoms with van der Waals surface area (Å²) in [5, 5.41) is 11.5. The maximum Gasteiger partial charge on any atom is 0.328 e. The Hall–Kier alpha value is -2.30. The van der Waals surface area contributed by atoms with Gasteiger partial charge >= 0.3 is 5.97 Å². The number of hydrogen-bond donors (Lipinski definition) is 2. The molecule has 0 aliphatic rings. The molecule has 5 heteroatoms. The van der Waals surface area contributed by atoms with E-state index >= 15 is 0 Å². The molecule has 1 unspecified atom stereocenters. The van der Waals surface area contributed by atoms with Gasteiger partial charge in [0, 0.05) is 17.7 Å². The number of aryl methyl sites for hydroxylation is 1. The van der Waals surface area contributed by atoms with Gasteiger partial charge in [-0.05, 0) is 31.9 Å². The van der Waals surface area contributed by atoms with Gasteiger partial charge in [-0.25, -0.2) is 4.79 Å². The van der Waals surface area contributed by atoms with Gasteiger partial charge in [0.1, 0.15) is 5.75 Å². The van der Waals surface area contributed by atoms with Crippen LogP contribution in [0.1, 0.15) is 31.4 Å². The van der Waals surface area contributed by atoms with Crippen molar-refractivity contribution in [1.29, 1.82) is 0 Å². The average Bonchev–Trinajstić information content (AvgIpc) is 2.43. The quantitative estimate of drug-likeness (QED) is 0.756. The van der Waals surface area contributed by atoms with E-state index in [1.165, 1.54) is 6.08 Å². The van der Waals surface area contributed by atoms with Gasteiger partial charge in [-0.1, -0.05) is 25.1 Å². The number of aliphatic carboxylic acids is 1. The van der Waals surface area contributed by atoms with Crippen molar-refractivity contribution in [2.45, 2.75) is 33.2 Å². The fourth-order valence-corrected chi connectivity index (χ4v) is 1.72. The first-order valence-corrected chi connectivity index (χ1v) is 6.86. The number of rotatable bonds is 7. The smallest absolute Gasteiger partial charge is 0.328 e. The van der Waals surface area contributed by atoms with Crippen molar-refractivity contribution >= 4 is 18.0 Å². The van der Waals surface area contributed by atoms with E-state index in [-0.39, 0.29) is 18.6 Å². The predicted octanol–water partition coefficient (Wildman–Crippen LogP) is 2.39. The van der Waals surface area contributed by atoms with Crippen LogP contribution in [0.4, 0.5) is 0 Å². The van der Waals surface area contributed by atoms with E-state index < -0.39 is 5.97 Å². The molecule has 0 spiro atoms.